The Bertz CT molecular complexity index is 237. The molecule has 54 valence electrons. The smallest absolute Gasteiger partial charge is 0.0559 e. The van der Waals surface area contributed by atoms with Crippen LogP contribution < -0.4 is 0 Å². The summed E-state index contributed by atoms with van der Waals surface area (Å²) in [4.78, 5) is 1.19. The summed E-state index contributed by atoms with van der Waals surface area (Å²) in [6, 6.07) is 5.92. The minimum absolute atomic E-state index is 0.770. The molecule has 0 spiro atoms. The molecule has 0 heterocycles. The van der Waals surface area contributed by atoms with E-state index in [2.05, 4.69) is 15.9 Å². The molecule has 0 atom stereocenters. The summed E-state index contributed by atoms with van der Waals surface area (Å²) in [5.74, 6) is 0. The first-order valence-electron chi connectivity index (χ1n) is 2.73. The van der Waals surface area contributed by atoms with Crippen LogP contribution in [0.1, 0.15) is 0 Å². The zero-order valence-corrected chi connectivity index (χ0v) is 8.55. The predicted molar refractivity (Wildman–Crippen MR) is 50.9 cm³/mol. The Morgan fingerprint density at radius 3 is 2.70 bits per heavy atom. The molecule has 0 aliphatic heterocycles. The highest BCUT2D eigenvalue weighted by atomic mass is 79.9. The van der Waals surface area contributed by atoms with Crippen LogP contribution in [0.4, 0.5) is 0 Å². The van der Waals surface area contributed by atoms with E-state index >= 15 is 0 Å². The second-order valence-corrected chi connectivity index (χ2v) is 3.92. The van der Waals surface area contributed by atoms with Crippen LogP contribution in [0, 0.1) is 0 Å². The Morgan fingerprint density at radius 2 is 2.20 bits per heavy atom. The van der Waals surface area contributed by atoms with Crippen LogP contribution in [0.2, 0.25) is 5.02 Å². The van der Waals surface area contributed by atoms with Gasteiger partial charge < -0.3 is 0 Å². The molecule has 0 aliphatic rings. The van der Waals surface area contributed by atoms with Gasteiger partial charge >= 0.3 is 0 Å². The Morgan fingerprint density at radius 1 is 1.50 bits per heavy atom. The molecule has 0 aromatic heterocycles. The quantitative estimate of drug-likeness (QED) is 0.669. The summed E-state index contributed by atoms with van der Waals surface area (Å²) >= 11 is 10.8. The van der Waals surface area contributed by atoms with E-state index in [-0.39, 0.29) is 0 Å². The van der Waals surface area contributed by atoms with Crippen LogP contribution in [0.5, 0.6) is 0 Å². The minimum Gasteiger partial charge on any atom is -0.130 e. The molecular weight excluding hydrogens is 232 g/mol. The molecule has 10 heavy (non-hydrogen) atoms. The van der Waals surface area contributed by atoms with E-state index in [1.807, 2.05) is 24.5 Å². The zero-order chi connectivity index (χ0) is 7.56. The maximum absolute atomic E-state index is 5.83. The van der Waals surface area contributed by atoms with E-state index in [9.17, 15) is 0 Å². The lowest BCUT2D eigenvalue weighted by atomic mass is 10.4. The molecule has 0 saturated carbocycles. The first kappa shape index (κ1) is 8.44. The van der Waals surface area contributed by atoms with Crippen LogP contribution in [0.15, 0.2) is 27.6 Å². The van der Waals surface area contributed by atoms with Gasteiger partial charge in [0.1, 0.15) is 0 Å². The third-order valence-electron chi connectivity index (χ3n) is 1.13. The fourth-order valence-electron chi connectivity index (χ4n) is 0.604. The van der Waals surface area contributed by atoms with E-state index < -0.39 is 0 Å². The molecule has 3 heteroatoms. The maximum Gasteiger partial charge on any atom is 0.0559 e. The molecule has 1 rings (SSSR count). The highest BCUT2D eigenvalue weighted by Crippen LogP contribution is 2.26. The van der Waals surface area contributed by atoms with Crippen molar-refractivity contribution in [3.8, 4) is 0 Å². The summed E-state index contributed by atoms with van der Waals surface area (Å²) in [5.41, 5.74) is 0. The second-order valence-electron chi connectivity index (χ2n) is 1.78. The summed E-state index contributed by atoms with van der Waals surface area (Å²) in [5, 5.41) is 0.770. The van der Waals surface area contributed by atoms with Crippen molar-refractivity contribution in [2.24, 2.45) is 0 Å². The van der Waals surface area contributed by atoms with Crippen molar-refractivity contribution in [3.05, 3.63) is 27.7 Å². The van der Waals surface area contributed by atoms with Crippen molar-refractivity contribution >= 4 is 39.3 Å². The Labute approximate surface area is 78.1 Å². The minimum atomic E-state index is 0.770. The van der Waals surface area contributed by atoms with E-state index in [0.717, 1.165) is 9.50 Å². The van der Waals surface area contributed by atoms with E-state index in [0.29, 0.717) is 0 Å². The van der Waals surface area contributed by atoms with E-state index in [4.69, 9.17) is 11.6 Å². The third kappa shape index (κ3) is 1.91. The number of benzene rings is 1. The van der Waals surface area contributed by atoms with E-state index in [1.54, 1.807) is 11.8 Å². The lowest BCUT2D eigenvalue weighted by molar-refractivity contribution is 1.45. The molecule has 0 fully saturated rings. The van der Waals surface area contributed by atoms with Gasteiger partial charge in [0.05, 0.1) is 5.02 Å². The molecule has 0 unspecified atom stereocenters. The van der Waals surface area contributed by atoms with E-state index in [1.165, 1.54) is 4.90 Å². The van der Waals surface area contributed by atoms with Crippen molar-refractivity contribution in [2.75, 3.05) is 6.26 Å². The van der Waals surface area contributed by atoms with Gasteiger partial charge in [0.2, 0.25) is 0 Å². The normalized spacial score (nSPS) is 9.90. The molecule has 1 aromatic carbocycles. The van der Waals surface area contributed by atoms with Gasteiger partial charge in [0.25, 0.3) is 0 Å². The zero-order valence-electron chi connectivity index (χ0n) is 5.40. The van der Waals surface area contributed by atoms with Crippen molar-refractivity contribution in [1.82, 2.24) is 0 Å². The largest absolute Gasteiger partial charge is 0.130 e. The third-order valence-corrected chi connectivity index (χ3v) is 3.08. The Kier molecular flexibility index (Phi) is 3.08. The van der Waals surface area contributed by atoms with Crippen LogP contribution in [0.25, 0.3) is 0 Å². The van der Waals surface area contributed by atoms with Crippen LogP contribution >= 0.6 is 39.3 Å². The molecule has 0 N–H and O–H groups in total. The fourth-order valence-corrected chi connectivity index (χ4v) is 1.54. The highest BCUT2D eigenvalue weighted by Gasteiger charge is 1.96. The van der Waals surface area contributed by atoms with Gasteiger partial charge in [0, 0.05) is 9.37 Å². The van der Waals surface area contributed by atoms with Crippen LogP contribution in [-0.2, 0) is 0 Å². The average Bonchev–Trinajstić information content (AvgIpc) is 1.95. The SMILES string of the molecule is CSc1ccc(Br)c(Cl)c1. The molecule has 0 radical (unpaired) electrons. The number of hydrogen-bond donors (Lipinski definition) is 0. The van der Waals surface area contributed by atoms with Gasteiger partial charge in [-0.15, -0.1) is 11.8 Å². The molecule has 0 bridgehead atoms. The monoisotopic (exact) mass is 236 g/mol. The summed E-state index contributed by atoms with van der Waals surface area (Å²) in [6.07, 6.45) is 2.03. The average molecular weight is 238 g/mol. The molecule has 0 amide bonds. The van der Waals surface area contributed by atoms with Gasteiger partial charge in [0.15, 0.2) is 0 Å². The maximum atomic E-state index is 5.83. The van der Waals surface area contributed by atoms with Crippen LogP contribution in [0.3, 0.4) is 0 Å². The lowest BCUT2D eigenvalue weighted by Gasteiger charge is -1.97. The number of rotatable bonds is 1. The van der Waals surface area contributed by atoms with Crippen molar-refractivity contribution < 1.29 is 0 Å². The number of hydrogen-bond acceptors (Lipinski definition) is 1. The molecule has 1 aromatic rings. The standard InChI is InChI=1S/C7H6BrClS/c1-10-5-2-3-6(8)7(9)4-5/h2-4H,1H3. The van der Waals surface area contributed by atoms with Gasteiger partial charge in [-0.25, -0.2) is 0 Å². The number of halogens is 2. The summed E-state index contributed by atoms with van der Waals surface area (Å²) in [7, 11) is 0. The summed E-state index contributed by atoms with van der Waals surface area (Å²) in [6.45, 7) is 0. The van der Waals surface area contributed by atoms with Gasteiger partial charge in [-0.1, -0.05) is 11.6 Å². The number of thioether (sulfide) groups is 1. The second kappa shape index (κ2) is 3.65. The highest BCUT2D eigenvalue weighted by molar-refractivity contribution is 9.10. The topological polar surface area (TPSA) is 0 Å². The summed E-state index contributed by atoms with van der Waals surface area (Å²) < 4.78 is 0.951. The van der Waals surface area contributed by atoms with Gasteiger partial charge in [-0.05, 0) is 40.4 Å². The lowest BCUT2D eigenvalue weighted by Crippen LogP contribution is -1.70. The Hall–Kier alpha value is 0.340. The van der Waals surface area contributed by atoms with Crippen molar-refractivity contribution in [2.45, 2.75) is 4.90 Å². The fraction of sp³-hybridized carbons (Fsp3) is 0.143. The van der Waals surface area contributed by atoms with Gasteiger partial charge in [-0.2, -0.15) is 0 Å². The first-order valence-corrected chi connectivity index (χ1v) is 5.12. The molecular formula is C7H6BrClS. The predicted octanol–water partition coefficient (Wildman–Crippen LogP) is 3.82. The van der Waals surface area contributed by atoms with Crippen molar-refractivity contribution in [3.63, 3.8) is 0 Å². The van der Waals surface area contributed by atoms with Crippen molar-refractivity contribution in [1.29, 1.82) is 0 Å². The Balaban J connectivity index is 3.04. The van der Waals surface area contributed by atoms with Gasteiger partial charge in [-0.3, -0.25) is 0 Å². The first-order chi connectivity index (χ1) is 4.74. The molecule has 0 aliphatic carbocycles. The van der Waals surface area contributed by atoms with Crippen LogP contribution in [-0.4, -0.2) is 6.26 Å². The molecule has 0 saturated heterocycles. The molecule has 0 nitrogen and oxygen atoms in total.